The Morgan fingerprint density at radius 2 is 1.92 bits per heavy atom. The van der Waals surface area contributed by atoms with Crippen molar-refractivity contribution < 1.29 is 14.3 Å². The lowest BCUT2D eigenvalue weighted by atomic mass is 9.86. The normalized spacial score (nSPS) is 18.9. The van der Waals surface area contributed by atoms with E-state index in [-0.39, 0.29) is 11.5 Å². The molecule has 0 saturated carbocycles. The number of rotatable bonds is 4. The highest BCUT2D eigenvalue weighted by Crippen LogP contribution is 2.28. The third-order valence-corrected chi connectivity index (χ3v) is 4.70. The molecular weight excluding hydrogens is 302 g/mol. The summed E-state index contributed by atoms with van der Waals surface area (Å²) in [7, 11) is 0. The molecule has 1 atom stereocenters. The van der Waals surface area contributed by atoms with Crippen LogP contribution in [0.1, 0.15) is 44.9 Å². The summed E-state index contributed by atoms with van der Waals surface area (Å²) >= 11 is 0. The molecule has 2 heterocycles. The molecule has 24 heavy (non-hydrogen) atoms. The number of hydrogen-bond donors (Lipinski definition) is 1. The van der Waals surface area contributed by atoms with Gasteiger partial charge in [0.05, 0.1) is 6.54 Å². The minimum absolute atomic E-state index is 0.133. The molecule has 1 N–H and O–H groups in total. The number of carboxylic acids is 1. The smallest absolute Gasteiger partial charge is 0.320 e. The van der Waals surface area contributed by atoms with Gasteiger partial charge in [-0.1, -0.05) is 45.0 Å². The maximum Gasteiger partial charge on any atom is 0.320 e. The molecule has 1 aromatic heterocycles. The lowest BCUT2D eigenvalue weighted by Gasteiger charge is -2.19. The standard InChI is InChI=1S/C20H25NO3/c1-20(2,3)15-8-6-14(7-9-15)18-11-10-16(24-18)13-21-12-4-5-17(21)19(22)23/h6-11,17H,4-5,12-13H2,1-3H3,(H,22,23)/t17-/m1/s1. The Morgan fingerprint density at radius 3 is 2.54 bits per heavy atom. The third-order valence-electron chi connectivity index (χ3n) is 4.70. The third kappa shape index (κ3) is 3.54. The summed E-state index contributed by atoms with van der Waals surface area (Å²) in [6, 6.07) is 12.0. The molecule has 4 nitrogen and oxygen atoms in total. The number of carboxylic acid groups (broad SMARTS) is 1. The molecule has 3 rings (SSSR count). The molecule has 1 aromatic carbocycles. The summed E-state index contributed by atoms with van der Waals surface area (Å²) in [5.74, 6) is 0.909. The maximum atomic E-state index is 11.3. The van der Waals surface area contributed by atoms with E-state index in [0.717, 1.165) is 36.5 Å². The molecule has 1 aliphatic rings. The summed E-state index contributed by atoms with van der Waals surface area (Å²) in [6.07, 6.45) is 1.65. The van der Waals surface area contributed by atoms with Gasteiger partial charge in [-0.3, -0.25) is 9.69 Å². The van der Waals surface area contributed by atoms with E-state index in [9.17, 15) is 9.90 Å². The lowest BCUT2D eigenvalue weighted by Crippen LogP contribution is -2.35. The SMILES string of the molecule is CC(C)(C)c1ccc(-c2ccc(CN3CCC[C@@H]3C(=O)O)o2)cc1. The van der Waals surface area contributed by atoms with Gasteiger partial charge in [0.2, 0.25) is 0 Å². The van der Waals surface area contributed by atoms with Crippen molar-refractivity contribution in [3.05, 3.63) is 47.7 Å². The molecule has 0 radical (unpaired) electrons. The van der Waals surface area contributed by atoms with E-state index in [1.54, 1.807) is 0 Å². The molecule has 0 bridgehead atoms. The number of benzene rings is 1. The fourth-order valence-corrected chi connectivity index (χ4v) is 3.25. The van der Waals surface area contributed by atoms with Crippen molar-refractivity contribution in [3.8, 4) is 11.3 Å². The zero-order chi connectivity index (χ0) is 17.3. The van der Waals surface area contributed by atoms with Crippen LogP contribution in [0.15, 0.2) is 40.8 Å². The fraction of sp³-hybridized carbons (Fsp3) is 0.450. The van der Waals surface area contributed by atoms with Crippen LogP contribution in [0, 0.1) is 0 Å². The van der Waals surface area contributed by atoms with E-state index in [1.165, 1.54) is 5.56 Å². The number of likely N-dealkylation sites (tertiary alicyclic amines) is 1. The molecule has 0 spiro atoms. The van der Waals surface area contributed by atoms with Gasteiger partial charge in [-0.25, -0.2) is 0 Å². The van der Waals surface area contributed by atoms with E-state index < -0.39 is 5.97 Å². The predicted molar refractivity (Wildman–Crippen MR) is 93.9 cm³/mol. The van der Waals surface area contributed by atoms with Crippen LogP contribution >= 0.6 is 0 Å². The van der Waals surface area contributed by atoms with Crippen molar-refractivity contribution in [2.45, 2.75) is 51.6 Å². The average molecular weight is 327 g/mol. The minimum Gasteiger partial charge on any atom is -0.480 e. The van der Waals surface area contributed by atoms with Crippen molar-refractivity contribution in [1.29, 1.82) is 0 Å². The van der Waals surface area contributed by atoms with Crippen molar-refractivity contribution in [3.63, 3.8) is 0 Å². The zero-order valence-electron chi connectivity index (χ0n) is 14.6. The zero-order valence-corrected chi connectivity index (χ0v) is 14.6. The second-order valence-corrected chi connectivity index (χ2v) is 7.56. The van der Waals surface area contributed by atoms with Crippen molar-refractivity contribution >= 4 is 5.97 Å². The Kier molecular flexibility index (Phi) is 4.50. The molecule has 0 aliphatic carbocycles. The van der Waals surface area contributed by atoms with Crippen LogP contribution in [-0.2, 0) is 16.8 Å². The molecule has 1 aliphatic heterocycles. The second kappa shape index (κ2) is 6.44. The van der Waals surface area contributed by atoms with E-state index in [1.807, 2.05) is 17.0 Å². The predicted octanol–water partition coefficient (Wildman–Crippen LogP) is 4.29. The largest absolute Gasteiger partial charge is 0.480 e. The molecule has 0 unspecified atom stereocenters. The van der Waals surface area contributed by atoms with Gasteiger partial charge in [0.1, 0.15) is 17.6 Å². The van der Waals surface area contributed by atoms with Crippen LogP contribution in [-0.4, -0.2) is 28.6 Å². The van der Waals surface area contributed by atoms with Crippen LogP contribution in [0.4, 0.5) is 0 Å². The summed E-state index contributed by atoms with van der Waals surface area (Å²) < 4.78 is 5.95. The first-order chi connectivity index (χ1) is 11.3. The first kappa shape index (κ1) is 16.8. The maximum absolute atomic E-state index is 11.3. The van der Waals surface area contributed by atoms with Gasteiger partial charge in [-0.05, 0) is 42.5 Å². The molecule has 128 valence electrons. The van der Waals surface area contributed by atoms with Gasteiger partial charge in [0.15, 0.2) is 0 Å². The van der Waals surface area contributed by atoms with Gasteiger partial charge in [0.25, 0.3) is 0 Å². The van der Waals surface area contributed by atoms with Crippen LogP contribution in [0.2, 0.25) is 0 Å². The summed E-state index contributed by atoms with van der Waals surface area (Å²) in [5, 5.41) is 9.26. The van der Waals surface area contributed by atoms with Gasteiger partial charge >= 0.3 is 5.97 Å². The van der Waals surface area contributed by atoms with E-state index in [4.69, 9.17) is 4.42 Å². The van der Waals surface area contributed by atoms with Crippen LogP contribution in [0.5, 0.6) is 0 Å². The number of aliphatic carboxylic acids is 1. The Morgan fingerprint density at radius 1 is 1.21 bits per heavy atom. The van der Waals surface area contributed by atoms with Crippen LogP contribution < -0.4 is 0 Å². The number of furan rings is 1. The summed E-state index contributed by atoms with van der Waals surface area (Å²) in [4.78, 5) is 13.2. The van der Waals surface area contributed by atoms with Crippen molar-refractivity contribution in [2.75, 3.05) is 6.54 Å². The Hall–Kier alpha value is -2.07. The van der Waals surface area contributed by atoms with Crippen molar-refractivity contribution in [2.24, 2.45) is 0 Å². The molecule has 2 aromatic rings. The first-order valence-corrected chi connectivity index (χ1v) is 8.51. The van der Waals surface area contributed by atoms with Crippen LogP contribution in [0.25, 0.3) is 11.3 Å². The highest BCUT2D eigenvalue weighted by molar-refractivity contribution is 5.73. The van der Waals surface area contributed by atoms with Crippen molar-refractivity contribution in [1.82, 2.24) is 4.90 Å². The minimum atomic E-state index is -0.739. The molecular formula is C20H25NO3. The van der Waals surface area contributed by atoms with Gasteiger partial charge in [0, 0.05) is 5.56 Å². The quantitative estimate of drug-likeness (QED) is 0.910. The van der Waals surface area contributed by atoms with Gasteiger partial charge < -0.3 is 9.52 Å². The van der Waals surface area contributed by atoms with Gasteiger partial charge in [-0.2, -0.15) is 0 Å². The number of hydrogen-bond acceptors (Lipinski definition) is 3. The topological polar surface area (TPSA) is 53.7 Å². The Bertz CT molecular complexity index is 709. The van der Waals surface area contributed by atoms with E-state index in [0.29, 0.717) is 6.54 Å². The monoisotopic (exact) mass is 327 g/mol. The molecule has 4 heteroatoms. The number of nitrogens with zero attached hydrogens (tertiary/aromatic N) is 1. The van der Waals surface area contributed by atoms with E-state index in [2.05, 4.69) is 45.0 Å². The molecule has 1 fully saturated rings. The molecule has 1 saturated heterocycles. The second-order valence-electron chi connectivity index (χ2n) is 7.56. The van der Waals surface area contributed by atoms with Gasteiger partial charge in [-0.15, -0.1) is 0 Å². The average Bonchev–Trinajstić information content (AvgIpc) is 3.16. The fourth-order valence-electron chi connectivity index (χ4n) is 3.25. The summed E-state index contributed by atoms with van der Waals surface area (Å²) in [5.41, 5.74) is 2.47. The molecule has 0 amide bonds. The lowest BCUT2D eigenvalue weighted by molar-refractivity contribution is -0.142. The van der Waals surface area contributed by atoms with Crippen LogP contribution in [0.3, 0.4) is 0 Å². The highest BCUT2D eigenvalue weighted by Gasteiger charge is 2.30. The van der Waals surface area contributed by atoms with E-state index >= 15 is 0 Å². The number of carbonyl (C=O) groups is 1. The summed E-state index contributed by atoms with van der Waals surface area (Å²) in [6.45, 7) is 7.95. The Labute approximate surface area is 143 Å². The Balaban J connectivity index is 1.72. The first-order valence-electron chi connectivity index (χ1n) is 8.51. The highest BCUT2D eigenvalue weighted by atomic mass is 16.4.